The van der Waals surface area contributed by atoms with Crippen molar-refractivity contribution in [1.82, 2.24) is 15.1 Å². The molecule has 6 heteroatoms. The van der Waals surface area contributed by atoms with E-state index < -0.39 is 0 Å². The van der Waals surface area contributed by atoms with Gasteiger partial charge in [0, 0.05) is 55.7 Å². The van der Waals surface area contributed by atoms with E-state index in [9.17, 15) is 4.79 Å². The van der Waals surface area contributed by atoms with Gasteiger partial charge in [0.15, 0.2) is 0 Å². The van der Waals surface area contributed by atoms with Gasteiger partial charge in [-0.25, -0.2) is 0 Å². The summed E-state index contributed by atoms with van der Waals surface area (Å²) < 4.78 is 1.86. The van der Waals surface area contributed by atoms with Gasteiger partial charge >= 0.3 is 0 Å². The molecule has 1 atom stereocenters. The smallest absolute Gasteiger partial charge is 0.220 e. The SMILES string of the molecule is Cc1ccc(Cl)cc1N1CCC(CNC(=O)CCCn2cccn2)C1. The predicted molar refractivity (Wildman–Crippen MR) is 101 cm³/mol. The third-order valence-electron chi connectivity index (χ3n) is 4.74. The summed E-state index contributed by atoms with van der Waals surface area (Å²) >= 11 is 6.13. The molecule has 5 nitrogen and oxygen atoms in total. The highest BCUT2D eigenvalue weighted by Gasteiger charge is 2.24. The first-order valence-corrected chi connectivity index (χ1v) is 9.25. The number of hydrogen-bond acceptors (Lipinski definition) is 3. The number of anilines is 1. The summed E-state index contributed by atoms with van der Waals surface area (Å²) in [7, 11) is 0. The molecule has 1 amide bonds. The number of nitrogens with zero attached hydrogens (tertiary/aromatic N) is 3. The number of hydrogen-bond donors (Lipinski definition) is 1. The number of rotatable bonds is 7. The molecular weight excluding hydrogens is 336 g/mol. The summed E-state index contributed by atoms with van der Waals surface area (Å²) in [5.74, 6) is 0.623. The maximum Gasteiger partial charge on any atom is 0.220 e. The quantitative estimate of drug-likeness (QED) is 0.824. The van der Waals surface area contributed by atoms with Crippen LogP contribution in [0, 0.1) is 12.8 Å². The highest BCUT2D eigenvalue weighted by molar-refractivity contribution is 6.30. The Morgan fingerprint density at radius 3 is 3.12 bits per heavy atom. The average molecular weight is 361 g/mol. The molecule has 2 heterocycles. The van der Waals surface area contributed by atoms with Crippen LogP contribution in [0.1, 0.15) is 24.8 Å². The third kappa shape index (κ3) is 4.98. The third-order valence-corrected chi connectivity index (χ3v) is 4.97. The monoisotopic (exact) mass is 360 g/mol. The van der Waals surface area contributed by atoms with Crippen molar-refractivity contribution in [2.24, 2.45) is 5.92 Å². The first-order valence-electron chi connectivity index (χ1n) is 8.87. The summed E-state index contributed by atoms with van der Waals surface area (Å²) in [5.41, 5.74) is 2.45. The zero-order chi connectivity index (χ0) is 17.6. The molecule has 1 aliphatic rings. The normalized spacial score (nSPS) is 17.0. The van der Waals surface area contributed by atoms with Crippen LogP contribution in [0.2, 0.25) is 5.02 Å². The number of nitrogens with one attached hydrogen (secondary N) is 1. The number of aryl methyl sites for hydroxylation is 2. The van der Waals surface area contributed by atoms with Gasteiger partial charge in [-0.05, 0) is 49.4 Å². The number of amides is 1. The molecule has 3 rings (SSSR count). The Hall–Kier alpha value is -2.01. The topological polar surface area (TPSA) is 50.2 Å². The second kappa shape index (κ2) is 8.39. The standard InChI is InChI=1S/C19H25ClN4O/c1-15-5-6-17(20)12-18(15)23-11-7-16(14-23)13-21-19(25)4-2-9-24-10-3-8-22-24/h3,5-6,8,10,12,16H,2,4,7,9,11,13-14H2,1H3,(H,21,25). The first kappa shape index (κ1) is 17.8. The molecule has 1 unspecified atom stereocenters. The summed E-state index contributed by atoms with van der Waals surface area (Å²) in [4.78, 5) is 14.4. The zero-order valence-electron chi connectivity index (χ0n) is 14.6. The first-order chi connectivity index (χ1) is 12.1. The number of benzene rings is 1. The van der Waals surface area contributed by atoms with Gasteiger partial charge in [-0.3, -0.25) is 9.48 Å². The van der Waals surface area contributed by atoms with Gasteiger partial charge in [0.1, 0.15) is 0 Å². The van der Waals surface area contributed by atoms with E-state index in [1.165, 1.54) is 11.3 Å². The van der Waals surface area contributed by atoms with Crippen LogP contribution in [0.4, 0.5) is 5.69 Å². The Morgan fingerprint density at radius 1 is 1.44 bits per heavy atom. The fourth-order valence-corrected chi connectivity index (χ4v) is 3.49. The maximum atomic E-state index is 12.0. The molecule has 25 heavy (non-hydrogen) atoms. The lowest BCUT2D eigenvalue weighted by molar-refractivity contribution is -0.121. The summed E-state index contributed by atoms with van der Waals surface area (Å²) in [6.07, 6.45) is 6.13. The van der Waals surface area contributed by atoms with Crippen LogP contribution in [0.25, 0.3) is 0 Å². The number of aromatic nitrogens is 2. The van der Waals surface area contributed by atoms with Crippen LogP contribution in [0.5, 0.6) is 0 Å². The van der Waals surface area contributed by atoms with E-state index in [0.717, 1.165) is 44.0 Å². The van der Waals surface area contributed by atoms with E-state index in [-0.39, 0.29) is 5.91 Å². The fourth-order valence-electron chi connectivity index (χ4n) is 3.32. The highest BCUT2D eigenvalue weighted by Crippen LogP contribution is 2.29. The summed E-state index contributed by atoms with van der Waals surface area (Å²) in [6, 6.07) is 7.92. The Bertz CT molecular complexity index is 701. The van der Waals surface area contributed by atoms with Crippen LogP contribution in [-0.4, -0.2) is 35.3 Å². The molecule has 1 N–H and O–H groups in total. The minimum atomic E-state index is 0.129. The molecule has 1 aromatic heterocycles. The van der Waals surface area contributed by atoms with Gasteiger partial charge in [0.25, 0.3) is 0 Å². The second-order valence-corrected chi connectivity index (χ2v) is 7.14. The van der Waals surface area contributed by atoms with Crippen LogP contribution in [0.3, 0.4) is 0 Å². The van der Waals surface area contributed by atoms with E-state index in [1.807, 2.05) is 29.1 Å². The predicted octanol–water partition coefficient (Wildman–Crippen LogP) is 3.27. The molecule has 1 aromatic carbocycles. The van der Waals surface area contributed by atoms with Crippen molar-refractivity contribution in [1.29, 1.82) is 0 Å². The lowest BCUT2D eigenvalue weighted by Gasteiger charge is -2.21. The Morgan fingerprint density at radius 2 is 2.32 bits per heavy atom. The van der Waals surface area contributed by atoms with Crippen LogP contribution < -0.4 is 10.2 Å². The van der Waals surface area contributed by atoms with Gasteiger partial charge in [0.05, 0.1) is 0 Å². The number of carbonyl (C=O) groups is 1. The fraction of sp³-hybridized carbons (Fsp3) is 0.474. The van der Waals surface area contributed by atoms with Gasteiger partial charge in [-0.15, -0.1) is 0 Å². The summed E-state index contributed by atoms with van der Waals surface area (Å²) in [5, 5.41) is 8.00. The molecule has 0 aliphatic carbocycles. The second-order valence-electron chi connectivity index (χ2n) is 6.71. The zero-order valence-corrected chi connectivity index (χ0v) is 15.4. The maximum absolute atomic E-state index is 12.0. The van der Waals surface area contributed by atoms with Crippen LogP contribution in [0.15, 0.2) is 36.7 Å². The molecule has 0 bridgehead atoms. The number of carbonyl (C=O) groups excluding carboxylic acids is 1. The van der Waals surface area contributed by atoms with Gasteiger partial charge in [0.2, 0.25) is 5.91 Å². The van der Waals surface area contributed by atoms with E-state index in [1.54, 1.807) is 6.20 Å². The highest BCUT2D eigenvalue weighted by atomic mass is 35.5. The molecule has 0 radical (unpaired) electrons. The Labute approximate surface area is 154 Å². The van der Waals surface area contributed by atoms with Gasteiger partial charge < -0.3 is 10.2 Å². The van der Waals surface area contributed by atoms with Crippen molar-refractivity contribution in [3.8, 4) is 0 Å². The van der Waals surface area contributed by atoms with E-state index in [0.29, 0.717) is 12.3 Å². The van der Waals surface area contributed by atoms with Crippen molar-refractivity contribution in [3.63, 3.8) is 0 Å². The minimum Gasteiger partial charge on any atom is -0.371 e. The molecule has 2 aromatic rings. The van der Waals surface area contributed by atoms with E-state index >= 15 is 0 Å². The Balaban J connectivity index is 1.39. The molecule has 1 saturated heterocycles. The van der Waals surface area contributed by atoms with Crippen molar-refractivity contribution < 1.29 is 4.79 Å². The average Bonchev–Trinajstić information content (AvgIpc) is 3.27. The molecule has 1 aliphatic heterocycles. The molecule has 0 saturated carbocycles. The summed E-state index contributed by atoms with van der Waals surface area (Å²) in [6.45, 7) is 5.62. The van der Waals surface area contributed by atoms with Crippen LogP contribution in [-0.2, 0) is 11.3 Å². The minimum absolute atomic E-state index is 0.129. The van der Waals surface area contributed by atoms with Crippen molar-refractivity contribution in [3.05, 3.63) is 47.2 Å². The van der Waals surface area contributed by atoms with Gasteiger partial charge in [-0.1, -0.05) is 17.7 Å². The van der Waals surface area contributed by atoms with Crippen LogP contribution >= 0.6 is 11.6 Å². The number of halogens is 1. The Kier molecular flexibility index (Phi) is 5.97. The molecule has 134 valence electrons. The van der Waals surface area contributed by atoms with Crippen molar-refractivity contribution in [2.75, 3.05) is 24.5 Å². The van der Waals surface area contributed by atoms with Gasteiger partial charge in [-0.2, -0.15) is 5.10 Å². The van der Waals surface area contributed by atoms with Crippen molar-refractivity contribution in [2.45, 2.75) is 32.7 Å². The van der Waals surface area contributed by atoms with E-state index in [4.69, 9.17) is 11.6 Å². The largest absolute Gasteiger partial charge is 0.371 e. The van der Waals surface area contributed by atoms with Crippen molar-refractivity contribution >= 4 is 23.2 Å². The molecule has 1 fully saturated rings. The van der Waals surface area contributed by atoms with E-state index in [2.05, 4.69) is 28.3 Å². The lowest BCUT2D eigenvalue weighted by Crippen LogP contribution is -2.31. The molecule has 0 spiro atoms. The lowest BCUT2D eigenvalue weighted by atomic mass is 10.1. The molecular formula is C19H25ClN4O.